The molecule has 0 spiro atoms. The van der Waals surface area contributed by atoms with E-state index in [2.05, 4.69) is 32.0 Å². The number of aromatic nitrogens is 3. The molecule has 3 heterocycles. The first-order valence-corrected chi connectivity index (χ1v) is 6.00. The standard InChI is InChI=1S/C12H15N5O/c1-16-5-7-17(8-6-16)12-10(3-2-4-13-12)11-14-9-18-15-11/h2-4,9H,5-8H2,1H3. The molecule has 0 radical (unpaired) electrons. The van der Waals surface area contributed by atoms with Crippen molar-refractivity contribution in [2.24, 2.45) is 0 Å². The van der Waals surface area contributed by atoms with Crippen LogP contribution in [0.2, 0.25) is 0 Å². The molecule has 6 heteroatoms. The van der Waals surface area contributed by atoms with Crippen molar-refractivity contribution >= 4 is 5.82 Å². The van der Waals surface area contributed by atoms with E-state index in [4.69, 9.17) is 4.52 Å². The van der Waals surface area contributed by atoms with Crippen molar-refractivity contribution in [1.82, 2.24) is 20.0 Å². The van der Waals surface area contributed by atoms with Crippen LogP contribution >= 0.6 is 0 Å². The van der Waals surface area contributed by atoms with E-state index in [0.29, 0.717) is 5.82 Å². The van der Waals surface area contributed by atoms with Gasteiger partial charge >= 0.3 is 0 Å². The van der Waals surface area contributed by atoms with Crippen molar-refractivity contribution in [1.29, 1.82) is 0 Å². The van der Waals surface area contributed by atoms with Crippen molar-refractivity contribution < 1.29 is 4.52 Å². The third-order valence-electron chi connectivity index (χ3n) is 3.19. The Hall–Kier alpha value is -1.95. The topological polar surface area (TPSA) is 58.3 Å². The van der Waals surface area contributed by atoms with Crippen LogP contribution in [0.4, 0.5) is 5.82 Å². The summed E-state index contributed by atoms with van der Waals surface area (Å²) in [6.45, 7) is 4.03. The number of rotatable bonds is 2. The van der Waals surface area contributed by atoms with Crippen LogP contribution in [-0.2, 0) is 0 Å². The highest BCUT2D eigenvalue weighted by Crippen LogP contribution is 2.26. The number of likely N-dealkylation sites (N-methyl/N-ethyl adjacent to an activating group) is 1. The van der Waals surface area contributed by atoms with Crippen molar-refractivity contribution in [2.45, 2.75) is 0 Å². The third kappa shape index (κ3) is 2.06. The predicted molar refractivity (Wildman–Crippen MR) is 67.2 cm³/mol. The number of hydrogen-bond donors (Lipinski definition) is 0. The van der Waals surface area contributed by atoms with Crippen molar-refractivity contribution in [3.8, 4) is 11.4 Å². The third-order valence-corrected chi connectivity index (χ3v) is 3.19. The molecule has 0 atom stereocenters. The fourth-order valence-electron chi connectivity index (χ4n) is 2.13. The van der Waals surface area contributed by atoms with Gasteiger partial charge in [-0.15, -0.1) is 0 Å². The van der Waals surface area contributed by atoms with Crippen LogP contribution in [0, 0.1) is 0 Å². The molecule has 6 nitrogen and oxygen atoms in total. The summed E-state index contributed by atoms with van der Waals surface area (Å²) in [5.41, 5.74) is 0.927. The average molecular weight is 245 g/mol. The van der Waals surface area contributed by atoms with Crippen LogP contribution < -0.4 is 4.90 Å². The molecular weight excluding hydrogens is 230 g/mol. The minimum absolute atomic E-state index is 0.594. The van der Waals surface area contributed by atoms with Gasteiger partial charge in [-0.3, -0.25) is 0 Å². The highest BCUT2D eigenvalue weighted by molar-refractivity contribution is 5.70. The molecule has 0 aliphatic carbocycles. The zero-order chi connectivity index (χ0) is 12.4. The van der Waals surface area contributed by atoms with Crippen LogP contribution in [-0.4, -0.2) is 53.3 Å². The quantitative estimate of drug-likeness (QED) is 0.783. The first kappa shape index (κ1) is 11.2. The summed E-state index contributed by atoms with van der Waals surface area (Å²) in [5.74, 6) is 1.53. The fraction of sp³-hybridized carbons (Fsp3) is 0.417. The lowest BCUT2D eigenvalue weighted by Crippen LogP contribution is -2.45. The van der Waals surface area contributed by atoms with E-state index < -0.39 is 0 Å². The second-order valence-corrected chi connectivity index (χ2v) is 4.42. The number of pyridine rings is 1. The maximum atomic E-state index is 4.81. The van der Waals surface area contributed by atoms with Gasteiger partial charge in [0.05, 0.1) is 5.56 Å². The van der Waals surface area contributed by atoms with Gasteiger partial charge in [-0.1, -0.05) is 5.16 Å². The summed E-state index contributed by atoms with van der Waals surface area (Å²) in [5, 5.41) is 3.89. The summed E-state index contributed by atoms with van der Waals surface area (Å²) in [6.07, 6.45) is 3.15. The number of piperazine rings is 1. The molecule has 0 amide bonds. The minimum Gasteiger partial charge on any atom is -0.353 e. The fourth-order valence-corrected chi connectivity index (χ4v) is 2.13. The summed E-state index contributed by atoms with van der Waals surface area (Å²) in [7, 11) is 2.13. The highest BCUT2D eigenvalue weighted by atomic mass is 16.5. The summed E-state index contributed by atoms with van der Waals surface area (Å²) in [4.78, 5) is 13.2. The molecule has 1 saturated heterocycles. The van der Waals surface area contributed by atoms with Gasteiger partial charge in [0.25, 0.3) is 0 Å². The van der Waals surface area contributed by atoms with E-state index in [0.717, 1.165) is 37.6 Å². The number of hydrogen-bond acceptors (Lipinski definition) is 6. The van der Waals surface area contributed by atoms with E-state index in [1.54, 1.807) is 6.20 Å². The van der Waals surface area contributed by atoms with Crippen LogP contribution in [0.1, 0.15) is 0 Å². The molecule has 94 valence electrons. The van der Waals surface area contributed by atoms with Crippen molar-refractivity contribution in [2.75, 3.05) is 38.1 Å². The maximum Gasteiger partial charge on any atom is 0.214 e. The van der Waals surface area contributed by atoms with Crippen molar-refractivity contribution in [3.05, 3.63) is 24.7 Å². The van der Waals surface area contributed by atoms with E-state index in [1.165, 1.54) is 6.39 Å². The molecule has 1 aliphatic heterocycles. The first-order valence-electron chi connectivity index (χ1n) is 6.00. The molecule has 18 heavy (non-hydrogen) atoms. The van der Waals surface area contributed by atoms with Gasteiger partial charge in [0.2, 0.25) is 12.2 Å². The second kappa shape index (κ2) is 4.73. The zero-order valence-corrected chi connectivity index (χ0v) is 10.3. The van der Waals surface area contributed by atoms with E-state index in [1.807, 2.05) is 12.1 Å². The van der Waals surface area contributed by atoms with Gasteiger partial charge in [0.15, 0.2) is 0 Å². The smallest absolute Gasteiger partial charge is 0.214 e. The van der Waals surface area contributed by atoms with Gasteiger partial charge in [0.1, 0.15) is 5.82 Å². The molecule has 0 N–H and O–H groups in total. The molecule has 0 bridgehead atoms. The van der Waals surface area contributed by atoms with Gasteiger partial charge in [-0.05, 0) is 19.2 Å². The molecule has 2 aromatic heterocycles. The molecule has 0 unspecified atom stereocenters. The Kier molecular flexibility index (Phi) is 2.93. The van der Waals surface area contributed by atoms with E-state index in [9.17, 15) is 0 Å². The summed E-state index contributed by atoms with van der Waals surface area (Å²) >= 11 is 0. The zero-order valence-electron chi connectivity index (χ0n) is 10.3. The Morgan fingerprint density at radius 2 is 2.00 bits per heavy atom. The lowest BCUT2D eigenvalue weighted by Gasteiger charge is -2.33. The van der Waals surface area contributed by atoms with Gasteiger partial charge in [-0.25, -0.2) is 4.98 Å². The SMILES string of the molecule is CN1CCN(c2ncccc2-c2ncon2)CC1. The number of anilines is 1. The normalized spacial score (nSPS) is 17.1. The summed E-state index contributed by atoms with van der Waals surface area (Å²) < 4.78 is 4.81. The van der Waals surface area contributed by atoms with Crippen molar-refractivity contribution in [3.63, 3.8) is 0 Å². The largest absolute Gasteiger partial charge is 0.353 e. The van der Waals surface area contributed by atoms with E-state index >= 15 is 0 Å². The van der Waals surface area contributed by atoms with E-state index in [-0.39, 0.29) is 0 Å². The lowest BCUT2D eigenvalue weighted by atomic mass is 10.2. The minimum atomic E-state index is 0.594. The Balaban J connectivity index is 1.92. The van der Waals surface area contributed by atoms with Crippen LogP contribution in [0.5, 0.6) is 0 Å². The average Bonchev–Trinajstić information content (AvgIpc) is 2.93. The molecular formula is C12H15N5O. The van der Waals surface area contributed by atoms with Crippen LogP contribution in [0.15, 0.2) is 29.2 Å². The monoisotopic (exact) mass is 245 g/mol. The predicted octanol–water partition coefficient (Wildman–Crippen LogP) is 0.883. The van der Waals surface area contributed by atoms with Crippen LogP contribution in [0.25, 0.3) is 11.4 Å². The lowest BCUT2D eigenvalue weighted by molar-refractivity contribution is 0.312. The molecule has 0 aromatic carbocycles. The van der Waals surface area contributed by atoms with Gasteiger partial charge in [-0.2, -0.15) is 4.98 Å². The van der Waals surface area contributed by atoms with Gasteiger partial charge in [0, 0.05) is 32.4 Å². The molecule has 1 aliphatic rings. The van der Waals surface area contributed by atoms with Crippen LogP contribution in [0.3, 0.4) is 0 Å². The molecule has 0 saturated carbocycles. The number of nitrogens with zero attached hydrogens (tertiary/aromatic N) is 5. The maximum absolute atomic E-state index is 4.81. The Labute approximate surface area is 105 Å². The Morgan fingerprint density at radius 3 is 2.72 bits per heavy atom. The summed E-state index contributed by atoms with van der Waals surface area (Å²) in [6, 6.07) is 3.87. The van der Waals surface area contributed by atoms with Gasteiger partial charge < -0.3 is 14.3 Å². The Morgan fingerprint density at radius 1 is 1.17 bits per heavy atom. The molecule has 1 fully saturated rings. The second-order valence-electron chi connectivity index (χ2n) is 4.42. The molecule has 3 rings (SSSR count). The first-order chi connectivity index (χ1) is 8.84. The highest BCUT2D eigenvalue weighted by Gasteiger charge is 2.20. The Bertz CT molecular complexity index is 505. The molecule has 2 aromatic rings.